The number of amides is 2. The van der Waals surface area contributed by atoms with E-state index in [0.29, 0.717) is 11.1 Å². The summed E-state index contributed by atoms with van der Waals surface area (Å²) < 4.78 is 41.2. The predicted molar refractivity (Wildman–Crippen MR) is 102 cm³/mol. The molecule has 2 amide bonds. The van der Waals surface area contributed by atoms with Crippen LogP contribution in [-0.2, 0) is 16.0 Å². The maximum atomic E-state index is 12.4. The zero-order valence-corrected chi connectivity index (χ0v) is 16.1. The van der Waals surface area contributed by atoms with Crippen LogP contribution < -0.4 is 21.5 Å². The fourth-order valence-electron chi connectivity index (χ4n) is 2.33. The first-order chi connectivity index (χ1) is 14.1. The number of nitrogens with two attached hydrogens (primary N) is 2. The van der Waals surface area contributed by atoms with Gasteiger partial charge in [0.05, 0.1) is 10.6 Å². The zero-order valence-electron chi connectivity index (χ0n) is 15.4. The Morgan fingerprint density at radius 3 is 2.43 bits per heavy atom. The zero-order chi connectivity index (χ0) is 22.3. The van der Waals surface area contributed by atoms with Gasteiger partial charge in [0.1, 0.15) is 5.75 Å². The summed E-state index contributed by atoms with van der Waals surface area (Å²) in [4.78, 5) is 30.9. The number of rotatable bonds is 8. The number of hydrogen-bond donors (Lipinski definition) is 3. The van der Waals surface area contributed by atoms with E-state index in [0.717, 1.165) is 6.20 Å². The molecule has 1 aromatic heterocycles. The summed E-state index contributed by atoms with van der Waals surface area (Å²) in [6.45, 7) is 0.0302. The maximum Gasteiger partial charge on any atom is 0.573 e. The molecule has 1 aromatic carbocycles. The third-order valence-corrected chi connectivity index (χ3v) is 3.96. The number of benzene rings is 1. The monoisotopic (exact) mass is 443 g/mol. The number of carbonyl (C=O) groups is 2. The van der Waals surface area contributed by atoms with Crippen LogP contribution in [0.3, 0.4) is 0 Å². The van der Waals surface area contributed by atoms with Crippen molar-refractivity contribution < 1.29 is 27.5 Å². The molecule has 0 unspecified atom stereocenters. The first-order valence-corrected chi connectivity index (χ1v) is 8.80. The van der Waals surface area contributed by atoms with Crippen LogP contribution in [0.25, 0.3) is 5.57 Å². The summed E-state index contributed by atoms with van der Waals surface area (Å²) in [6, 6.07) is 4.00. The molecule has 0 spiro atoms. The summed E-state index contributed by atoms with van der Waals surface area (Å²) in [5.41, 5.74) is 11.5. The van der Waals surface area contributed by atoms with Crippen LogP contribution in [-0.4, -0.2) is 34.7 Å². The van der Waals surface area contributed by atoms with Crippen LogP contribution in [0.4, 0.5) is 13.2 Å². The Bertz CT molecular complexity index is 949. The molecular weight excluding hydrogens is 427 g/mol. The third-order valence-electron chi connectivity index (χ3n) is 3.64. The fourth-order valence-corrected chi connectivity index (χ4v) is 2.48. The summed E-state index contributed by atoms with van der Waals surface area (Å²) >= 11 is 5.73. The van der Waals surface area contributed by atoms with E-state index in [1.165, 1.54) is 30.6 Å². The molecule has 0 aliphatic rings. The van der Waals surface area contributed by atoms with Gasteiger partial charge in [-0.25, -0.2) is 9.97 Å². The largest absolute Gasteiger partial charge is 0.573 e. The van der Waals surface area contributed by atoms with E-state index in [4.69, 9.17) is 23.1 Å². The molecule has 0 bridgehead atoms. The molecule has 0 atom stereocenters. The second-order valence-corrected chi connectivity index (χ2v) is 6.36. The number of nitrogens with one attached hydrogen (secondary N) is 1. The first-order valence-electron chi connectivity index (χ1n) is 8.43. The molecule has 160 valence electrons. The van der Waals surface area contributed by atoms with Gasteiger partial charge in [-0.3, -0.25) is 9.59 Å². The van der Waals surface area contributed by atoms with Gasteiger partial charge in [0, 0.05) is 38.0 Å². The van der Waals surface area contributed by atoms with Crippen molar-refractivity contribution in [2.75, 3.05) is 6.54 Å². The Labute approximate surface area is 174 Å². The topological polar surface area (TPSA) is 133 Å². The Morgan fingerprint density at radius 2 is 1.87 bits per heavy atom. The smallest absolute Gasteiger partial charge is 0.404 e. The lowest BCUT2D eigenvalue weighted by atomic mass is 10.1. The lowest BCUT2D eigenvalue weighted by molar-refractivity contribution is -0.274. The van der Waals surface area contributed by atoms with E-state index < -0.39 is 23.9 Å². The number of carbonyl (C=O) groups excluding carboxylic acids is 2. The van der Waals surface area contributed by atoms with Gasteiger partial charge in [-0.15, -0.1) is 13.2 Å². The SMILES string of the molecule is NC=C(C(=O)NCCC(N)=O)c1ncc(Cc2ccc(Cl)c(OC(F)(F)F)c2)cn1. The molecule has 2 rings (SSSR count). The Kier molecular flexibility index (Phi) is 7.59. The van der Waals surface area contributed by atoms with Crippen LogP contribution in [0.2, 0.25) is 5.02 Å². The average Bonchev–Trinajstić information content (AvgIpc) is 2.65. The summed E-state index contributed by atoms with van der Waals surface area (Å²) in [5.74, 6) is -1.63. The fraction of sp³-hybridized carbons (Fsp3) is 0.222. The van der Waals surface area contributed by atoms with Crippen molar-refractivity contribution in [1.29, 1.82) is 0 Å². The molecule has 0 aliphatic heterocycles. The molecule has 0 saturated carbocycles. The quantitative estimate of drug-likeness (QED) is 0.534. The normalized spacial score (nSPS) is 11.8. The Hall–Kier alpha value is -3.34. The summed E-state index contributed by atoms with van der Waals surface area (Å²) in [5, 5.41) is 2.28. The van der Waals surface area contributed by atoms with Crippen LogP contribution in [0.5, 0.6) is 5.75 Å². The molecule has 0 aliphatic carbocycles. The van der Waals surface area contributed by atoms with Gasteiger partial charge >= 0.3 is 6.36 Å². The molecule has 0 saturated heterocycles. The second-order valence-electron chi connectivity index (χ2n) is 5.96. The Morgan fingerprint density at radius 1 is 1.20 bits per heavy atom. The summed E-state index contributed by atoms with van der Waals surface area (Å²) in [6.07, 6.45) is -0.879. The highest BCUT2D eigenvalue weighted by molar-refractivity contribution is 6.32. The average molecular weight is 444 g/mol. The van der Waals surface area contributed by atoms with Gasteiger partial charge in [0.2, 0.25) is 5.91 Å². The van der Waals surface area contributed by atoms with Gasteiger partial charge in [-0.05, 0) is 23.3 Å². The molecule has 8 nitrogen and oxygen atoms in total. The standard InChI is InChI=1S/C18H17ClF3N5O3/c19-13-2-1-10(6-14(13)30-18(20,21)22)5-11-8-26-16(27-9-11)12(7-23)17(29)25-4-3-15(24)28/h1-2,6-9H,3-5,23H2,(H2,24,28)(H,25,29). The molecule has 1 heterocycles. The second kappa shape index (κ2) is 9.92. The Balaban J connectivity index is 2.09. The molecule has 0 radical (unpaired) electrons. The number of primary amides is 1. The van der Waals surface area contributed by atoms with Gasteiger partial charge in [0.15, 0.2) is 5.82 Å². The van der Waals surface area contributed by atoms with Gasteiger partial charge < -0.3 is 21.5 Å². The van der Waals surface area contributed by atoms with E-state index in [9.17, 15) is 22.8 Å². The van der Waals surface area contributed by atoms with E-state index >= 15 is 0 Å². The van der Waals surface area contributed by atoms with Crippen LogP contribution >= 0.6 is 11.6 Å². The highest BCUT2D eigenvalue weighted by Gasteiger charge is 2.32. The number of aromatic nitrogens is 2. The number of ether oxygens (including phenoxy) is 1. The van der Waals surface area contributed by atoms with Crippen LogP contribution in [0.1, 0.15) is 23.4 Å². The van der Waals surface area contributed by atoms with Crippen molar-refractivity contribution in [3.8, 4) is 5.75 Å². The van der Waals surface area contributed by atoms with E-state index in [1.807, 2.05) is 0 Å². The van der Waals surface area contributed by atoms with Crippen molar-refractivity contribution in [1.82, 2.24) is 15.3 Å². The predicted octanol–water partition coefficient (Wildman–Crippen LogP) is 1.91. The van der Waals surface area contributed by atoms with Crippen molar-refractivity contribution in [2.45, 2.75) is 19.2 Å². The number of alkyl halides is 3. The van der Waals surface area contributed by atoms with Crippen molar-refractivity contribution >= 4 is 29.0 Å². The number of halogens is 4. The molecular formula is C18H17ClF3N5O3. The van der Waals surface area contributed by atoms with E-state index in [-0.39, 0.29) is 35.8 Å². The minimum absolute atomic E-state index is 0.0154. The van der Waals surface area contributed by atoms with Crippen LogP contribution in [0, 0.1) is 0 Å². The van der Waals surface area contributed by atoms with Gasteiger partial charge in [-0.1, -0.05) is 17.7 Å². The number of nitrogens with zero attached hydrogens (tertiary/aromatic N) is 2. The highest BCUT2D eigenvalue weighted by Crippen LogP contribution is 2.31. The van der Waals surface area contributed by atoms with Gasteiger partial charge in [0.25, 0.3) is 5.91 Å². The highest BCUT2D eigenvalue weighted by atomic mass is 35.5. The lowest BCUT2D eigenvalue weighted by Gasteiger charge is -2.12. The van der Waals surface area contributed by atoms with E-state index in [1.54, 1.807) is 0 Å². The van der Waals surface area contributed by atoms with Crippen molar-refractivity contribution in [3.63, 3.8) is 0 Å². The van der Waals surface area contributed by atoms with E-state index in [2.05, 4.69) is 20.0 Å². The number of hydrogen-bond acceptors (Lipinski definition) is 6. The van der Waals surface area contributed by atoms with Crippen LogP contribution in [0.15, 0.2) is 36.8 Å². The van der Waals surface area contributed by atoms with Crippen molar-refractivity contribution in [3.05, 3.63) is 58.8 Å². The maximum absolute atomic E-state index is 12.4. The first kappa shape index (κ1) is 22.9. The summed E-state index contributed by atoms with van der Waals surface area (Å²) in [7, 11) is 0. The minimum Gasteiger partial charge on any atom is -0.404 e. The molecule has 30 heavy (non-hydrogen) atoms. The third kappa shape index (κ3) is 6.92. The minimum atomic E-state index is -4.87. The molecule has 0 fully saturated rings. The van der Waals surface area contributed by atoms with Gasteiger partial charge in [-0.2, -0.15) is 0 Å². The molecule has 5 N–H and O–H groups in total. The molecule has 12 heteroatoms. The van der Waals surface area contributed by atoms with Crippen molar-refractivity contribution in [2.24, 2.45) is 11.5 Å². The lowest BCUT2D eigenvalue weighted by Crippen LogP contribution is -2.29. The molecule has 2 aromatic rings.